The second-order valence-electron chi connectivity index (χ2n) is 7.34. The van der Waals surface area contributed by atoms with Crippen LogP contribution in [0, 0.1) is 6.92 Å². The number of para-hydroxylation sites is 1. The first-order valence-electron chi connectivity index (χ1n) is 10.2. The van der Waals surface area contributed by atoms with E-state index in [0.717, 1.165) is 22.8 Å². The summed E-state index contributed by atoms with van der Waals surface area (Å²) in [7, 11) is 1.80. The van der Waals surface area contributed by atoms with Crippen molar-refractivity contribution in [2.24, 2.45) is 7.05 Å². The third-order valence-electron chi connectivity index (χ3n) is 5.20. The summed E-state index contributed by atoms with van der Waals surface area (Å²) < 4.78 is 14.7. The predicted octanol–water partition coefficient (Wildman–Crippen LogP) is 3.77. The number of rotatable bonds is 5. The van der Waals surface area contributed by atoms with E-state index in [2.05, 4.69) is 5.32 Å². The highest BCUT2D eigenvalue weighted by atomic mass is 32.2. The smallest absolute Gasteiger partial charge is 0.295 e. The van der Waals surface area contributed by atoms with Crippen LogP contribution >= 0.6 is 11.8 Å². The van der Waals surface area contributed by atoms with Crippen molar-refractivity contribution >= 4 is 23.4 Å². The van der Waals surface area contributed by atoms with E-state index in [9.17, 15) is 9.59 Å². The second kappa shape index (κ2) is 8.93. The fourth-order valence-corrected chi connectivity index (χ4v) is 4.31. The summed E-state index contributed by atoms with van der Waals surface area (Å²) in [5.74, 6) is 1.18. The molecule has 3 aromatic rings. The molecule has 0 radical (unpaired) electrons. The Hall–Kier alpha value is -3.13. The van der Waals surface area contributed by atoms with Crippen LogP contribution in [-0.4, -0.2) is 33.7 Å². The minimum atomic E-state index is -0.408. The molecule has 0 fully saturated rings. The first-order chi connectivity index (χ1) is 15.0. The van der Waals surface area contributed by atoms with E-state index >= 15 is 0 Å². The number of anilines is 1. The molecule has 1 N–H and O–H groups in total. The molecule has 1 aliphatic rings. The molecule has 4 rings (SSSR count). The molecule has 2 heterocycles. The van der Waals surface area contributed by atoms with Crippen molar-refractivity contribution in [3.63, 3.8) is 0 Å². The van der Waals surface area contributed by atoms with Crippen LogP contribution in [0.15, 0.2) is 58.2 Å². The lowest BCUT2D eigenvalue weighted by atomic mass is 10.3. The van der Waals surface area contributed by atoms with E-state index in [1.807, 2.05) is 62.4 Å². The monoisotopic (exact) mass is 439 g/mol. The standard InChI is InChI=1S/C23H25N3O4S/c1-15-21(23(28)26(25(15)3)17-8-5-4-6-9-17)24-22(27)16(2)31-18-10-11-19-20(14-18)30-13-7-12-29-19/h4-6,8-11,14,16H,7,12-13H2,1-3H3,(H,24,27). The van der Waals surface area contributed by atoms with Gasteiger partial charge in [-0.2, -0.15) is 0 Å². The summed E-state index contributed by atoms with van der Waals surface area (Å²) in [6.45, 7) is 4.88. The summed E-state index contributed by atoms with van der Waals surface area (Å²) in [6, 6.07) is 15.0. The molecule has 31 heavy (non-hydrogen) atoms. The molecule has 1 unspecified atom stereocenters. The van der Waals surface area contributed by atoms with Gasteiger partial charge in [-0.15, -0.1) is 11.8 Å². The molecule has 0 spiro atoms. The number of amides is 1. The van der Waals surface area contributed by atoms with Gasteiger partial charge in [-0.1, -0.05) is 18.2 Å². The Labute approximate surface area is 184 Å². The second-order valence-corrected chi connectivity index (χ2v) is 8.76. The van der Waals surface area contributed by atoms with Gasteiger partial charge in [0.25, 0.3) is 5.56 Å². The minimum absolute atomic E-state index is 0.233. The summed E-state index contributed by atoms with van der Waals surface area (Å²) >= 11 is 1.41. The van der Waals surface area contributed by atoms with Crippen molar-refractivity contribution in [3.8, 4) is 17.2 Å². The number of hydrogen-bond donors (Lipinski definition) is 1. The normalized spacial score (nSPS) is 14.0. The maximum Gasteiger partial charge on any atom is 0.295 e. The first-order valence-corrected chi connectivity index (χ1v) is 11.0. The Morgan fingerprint density at radius 1 is 1.10 bits per heavy atom. The van der Waals surface area contributed by atoms with Gasteiger partial charge >= 0.3 is 0 Å². The van der Waals surface area contributed by atoms with Gasteiger partial charge in [0.05, 0.1) is 29.8 Å². The van der Waals surface area contributed by atoms with Crippen LogP contribution in [0.3, 0.4) is 0 Å². The molecule has 7 nitrogen and oxygen atoms in total. The minimum Gasteiger partial charge on any atom is -0.490 e. The number of fused-ring (bicyclic) bond motifs is 1. The zero-order valence-corrected chi connectivity index (χ0v) is 18.6. The molecule has 0 aliphatic carbocycles. The molecule has 8 heteroatoms. The number of nitrogens with one attached hydrogen (secondary N) is 1. The average Bonchev–Trinajstić information content (AvgIpc) is 2.94. The van der Waals surface area contributed by atoms with E-state index in [-0.39, 0.29) is 11.5 Å². The summed E-state index contributed by atoms with van der Waals surface area (Å²) in [6.07, 6.45) is 0.840. The van der Waals surface area contributed by atoms with Crippen molar-refractivity contribution in [1.29, 1.82) is 0 Å². The maximum absolute atomic E-state index is 13.0. The van der Waals surface area contributed by atoms with Gasteiger partial charge in [0, 0.05) is 18.4 Å². The van der Waals surface area contributed by atoms with Crippen LogP contribution in [-0.2, 0) is 11.8 Å². The third-order valence-corrected chi connectivity index (χ3v) is 6.30. The maximum atomic E-state index is 13.0. The lowest BCUT2D eigenvalue weighted by Crippen LogP contribution is -2.27. The lowest BCUT2D eigenvalue weighted by Gasteiger charge is -2.13. The van der Waals surface area contributed by atoms with Gasteiger partial charge in [0.2, 0.25) is 5.91 Å². The Kier molecular flexibility index (Phi) is 6.08. The Balaban J connectivity index is 1.51. The van der Waals surface area contributed by atoms with Crippen LogP contribution in [0.5, 0.6) is 11.5 Å². The SMILES string of the molecule is Cc1c(NC(=O)C(C)Sc2ccc3c(c2)OCCCO3)c(=O)n(-c2ccccc2)n1C. The Morgan fingerprint density at radius 2 is 1.81 bits per heavy atom. The van der Waals surface area contributed by atoms with Crippen molar-refractivity contribution in [2.75, 3.05) is 18.5 Å². The van der Waals surface area contributed by atoms with Crippen LogP contribution in [0.4, 0.5) is 5.69 Å². The summed E-state index contributed by atoms with van der Waals surface area (Å²) in [5, 5.41) is 2.42. The van der Waals surface area contributed by atoms with E-state index < -0.39 is 5.25 Å². The largest absolute Gasteiger partial charge is 0.490 e. The number of ether oxygens (including phenoxy) is 2. The average molecular weight is 440 g/mol. The van der Waals surface area contributed by atoms with Gasteiger partial charge in [-0.05, 0) is 44.2 Å². The molecule has 0 bridgehead atoms. The molecule has 1 aromatic heterocycles. The molecule has 162 valence electrons. The zero-order valence-electron chi connectivity index (χ0n) is 17.8. The number of aromatic nitrogens is 2. The molecular weight excluding hydrogens is 414 g/mol. The molecule has 0 saturated heterocycles. The fourth-order valence-electron chi connectivity index (χ4n) is 3.41. The van der Waals surface area contributed by atoms with Gasteiger partial charge in [0.15, 0.2) is 11.5 Å². The quantitative estimate of drug-likeness (QED) is 0.613. The predicted molar refractivity (Wildman–Crippen MR) is 122 cm³/mol. The van der Waals surface area contributed by atoms with Crippen molar-refractivity contribution in [2.45, 2.75) is 30.4 Å². The molecule has 0 saturated carbocycles. The highest BCUT2D eigenvalue weighted by Crippen LogP contribution is 2.35. The summed E-state index contributed by atoms with van der Waals surface area (Å²) in [5.41, 5.74) is 1.47. The van der Waals surface area contributed by atoms with E-state index in [4.69, 9.17) is 9.47 Å². The lowest BCUT2D eigenvalue weighted by molar-refractivity contribution is -0.115. The van der Waals surface area contributed by atoms with E-state index in [1.54, 1.807) is 16.4 Å². The number of nitrogens with zero attached hydrogens (tertiary/aromatic N) is 2. The van der Waals surface area contributed by atoms with Crippen LogP contribution in [0.2, 0.25) is 0 Å². The number of thioether (sulfide) groups is 1. The Bertz CT molecular complexity index is 1150. The zero-order chi connectivity index (χ0) is 22.0. The first kappa shape index (κ1) is 21.1. The number of carbonyl (C=O) groups is 1. The molecule has 1 amide bonds. The van der Waals surface area contributed by atoms with Gasteiger partial charge in [0.1, 0.15) is 5.69 Å². The van der Waals surface area contributed by atoms with Crippen molar-refractivity contribution in [3.05, 3.63) is 64.6 Å². The number of carbonyl (C=O) groups excluding carboxylic acids is 1. The van der Waals surface area contributed by atoms with Crippen LogP contribution in [0.25, 0.3) is 5.69 Å². The highest BCUT2D eigenvalue weighted by Gasteiger charge is 2.22. The topological polar surface area (TPSA) is 74.5 Å². The molecule has 2 aromatic carbocycles. The van der Waals surface area contributed by atoms with Gasteiger partial charge < -0.3 is 14.8 Å². The van der Waals surface area contributed by atoms with Crippen LogP contribution in [0.1, 0.15) is 19.0 Å². The van der Waals surface area contributed by atoms with E-state index in [0.29, 0.717) is 30.3 Å². The van der Waals surface area contributed by atoms with Gasteiger partial charge in [-0.25, -0.2) is 4.68 Å². The molecule has 1 atom stereocenters. The van der Waals surface area contributed by atoms with Crippen molar-refractivity contribution in [1.82, 2.24) is 9.36 Å². The Morgan fingerprint density at radius 3 is 2.55 bits per heavy atom. The molecular formula is C23H25N3O4S. The van der Waals surface area contributed by atoms with Crippen LogP contribution < -0.4 is 20.3 Å². The number of hydrogen-bond acceptors (Lipinski definition) is 5. The fraction of sp³-hybridized carbons (Fsp3) is 0.304. The summed E-state index contributed by atoms with van der Waals surface area (Å²) in [4.78, 5) is 26.8. The van der Waals surface area contributed by atoms with E-state index in [1.165, 1.54) is 11.8 Å². The number of benzene rings is 2. The van der Waals surface area contributed by atoms with Gasteiger partial charge in [-0.3, -0.25) is 14.3 Å². The molecule has 1 aliphatic heterocycles. The van der Waals surface area contributed by atoms with Crippen molar-refractivity contribution < 1.29 is 14.3 Å². The highest BCUT2D eigenvalue weighted by molar-refractivity contribution is 8.00. The third kappa shape index (κ3) is 4.34.